The molecule has 2 rings (SSSR count). The third kappa shape index (κ3) is 4.88. The van der Waals surface area contributed by atoms with Gasteiger partial charge < -0.3 is 19.5 Å². The lowest BCUT2D eigenvalue weighted by Crippen LogP contribution is -2.37. The highest BCUT2D eigenvalue weighted by Gasteiger charge is 2.21. The van der Waals surface area contributed by atoms with Crippen molar-refractivity contribution in [2.24, 2.45) is 0 Å². The average Bonchev–Trinajstić information content (AvgIpc) is 2.93. The number of halogens is 1. The number of likely N-dealkylation sites (N-methyl/N-ethyl adjacent to an activating group) is 1. The largest absolute Gasteiger partial charge is 0.452 e. The Labute approximate surface area is 148 Å². The molecule has 0 unspecified atom stereocenters. The van der Waals surface area contributed by atoms with Gasteiger partial charge in [-0.3, -0.25) is 9.59 Å². The fraction of sp³-hybridized carbons (Fsp3) is 0.294. The first-order valence-electron chi connectivity index (χ1n) is 7.67. The summed E-state index contributed by atoms with van der Waals surface area (Å²) in [6.07, 6.45) is 0. The van der Waals surface area contributed by atoms with Crippen molar-refractivity contribution < 1.29 is 28.0 Å². The van der Waals surface area contributed by atoms with Gasteiger partial charge in [-0.2, -0.15) is 0 Å². The summed E-state index contributed by atoms with van der Waals surface area (Å²) in [6, 6.07) is 5.22. The van der Waals surface area contributed by atoms with Crippen molar-refractivity contribution in [2.45, 2.75) is 13.8 Å². The van der Waals surface area contributed by atoms with Gasteiger partial charge in [0.25, 0.3) is 5.91 Å². The molecule has 1 aromatic carbocycles. The van der Waals surface area contributed by atoms with Gasteiger partial charge in [-0.15, -0.1) is 0 Å². The highest BCUT2D eigenvalue weighted by atomic mass is 19.1. The van der Waals surface area contributed by atoms with Crippen LogP contribution in [-0.2, 0) is 14.3 Å². The zero-order valence-electron chi connectivity index (χ0n) is 14.5. The first-order chi connectivity index (χ1) is 12.3. The number of ether oxygens (including phenoxy) is 1. The molecule has 26 heavy (non-hydrogen) atoms. The Morgan fingerprint density at radius 3 is 2.46 bits per heavy atom. The summed E-state index contributed by atoms with van der Waals surface area (Å²) in [4.78, 5) is 37.0. The van der Waals surface area contributed by atoms with E-state index in [0.717, 1.165) is 4.90 Å². The number of nitrogens with zero attached hydrogens (tertiary/aromatic N) is 2. The molecule has 2 amide bonds. The molecule has 0 saturated carbocycles. The van der Waals surface area contributed by atoms with Crippen molar-refractivity contribution in [1.82, 2.24) is 10.1 Å². The minimum absolute atomic E-state index is 0.175. The number of aryl methyl sites for hydroxylation is 2. The first-order valence-corrected chi connectivity index (χ1v) is 7.67. The Balaban J connectivity index is 1.82. The van der Waals surface area contributed by atoms with Gasteiger partial charge in [0.05, 0.1) is 12.2 Å². The van der Waals surface area contributed by atoms with Crippen LogP contribution in [0.1, 0.15) is 21.8 Å². The fourth-order valence-electron chi connectivity index (χ4n) is 2.12. The summed E-state index contributed by atoms with van der Waals surface area (Å²) < 4.78 is 22.6. The molecule has 0 radical (unpaired) electrons. The molecular weight excluding hydrogens is 345 g/mol. The number of carbonyl (C=O) groups excluding carboxylic acids is 3. The standard InChI is InChI=1S/C17H18FN3O5/c1-10-16(11(2)26-20-10)17(24)25-9-15(23)21(3)8-14(22)19-13-6-4-12(18)5-7-13/h4-7H,8-9H2,1-3H3,(H,19,22). The summed E-state index contributed by atoms with van der Waals surface area (Å²) in [5.74, 6) is -1.87. The van der Waals surface area contributed by atoms with Crippen molar-refractivity contribution in [3.05, 3.63) is 47.1 Å². The molecule has 0 bridgehead atoms. The zero-order valence-corrected chi connectivity index (χ0v) is 14.5. The van der Waals surface area contributed by atoms with E-state index in [0.29, 0.717) is 17.1 Å². The molecule has 1 N–H and O–H groups in total. The lowest BCUT2D eigenvalue weighted by molar-refractivity contribution is -0.136. The number of aromatic nitrogens is 1. The van der Waals surface area contributed by atoms with Crippen molar-refractivity contribution >= 4 is 23.5 Å². The van der Waals surface area contributed by atoms with Crippen molar-refractivity contribution in [2.75, 3.05) is 25.5 Å². The molecule has 1 heterocycles. The second-order valence-corrected chi connectivity index (χ2v) is 5.58. The van der Waals surface area contributed by atoms with Gasteiger partial charge in [-0.1, -0.05) is 5.16 Å². The van der Waals surface area contributed by atoms with Crippen molar-refractivity contribution in [1.29, 1.82) is 0 Å². The molecule has 0 saturated heterocycles. The van der Waals surface area contributed by atoms with E-state index in [1.165, 1.54) is 31.3 Å². The van der Waals surface area contributed by atoms with Crippen LogP contribution in [0, 0.1) is 19.7 Å². The summed E-state index contributed by atoms with van der Waals surface area (Å²) in [5, 5.41) is 6.17. The summed E-state index contributed by atoms with van der Waals surface area (Å²) in [5.41, 5.74) is 0.948. The lowest BCUT2D eigenvalue weighted by atomic mass is 10.2. The normalized spacial score (nSPS) is 10.3. The Morgan fingerprint density at radius 1 is 1.23 bits per heavy atom. The number of rotatable bonds is 6. The van der Waals surface area contributed by atoms with E-state index in [9.17, 15) is 18.8 Å². The summed E-state index contributed by atoms with van der Waals surface area (Å²) in [6.45, 7) is 2.37. The SMILES string of the molecule is Cc1noc(C)c1C(=O)OCC(=O)N(C)CC(=O)Nc1ccc(F)cc1. The van der Waals surface area contributed by atoms with Gasteiger partial charge in [0.1, 0.15) is 17.1 Å². The molecule has 138 valence electrons. The maximum absolute atomic E-state index is 12.8. The zero-order chi connectivity index (χ0) is 19.3. The van der Waals surface area contributed by atoms with Gasteiger partial charge in [-0.25, -0.2) is 9.18 Å². The lowest BCUT2D eigenvalue weighted by Gasteiger charge is -2.16. The Morgan fingerprint density at radius 2 is 1.88 bits per heavy atom. The second-order valence-electron chi connectivity index (χ2n) is 5.58. The van der Waals surface area contributed by atoms with Gasteiger partial charge in [0.15, 0.2) is 6.61 Å². The summed E-state index contributed by atoms with van der Waals surface area (Å²) >= 11 is 0. The maximum Gasteiger partial charge on any atom is 0.344 e. The van der Waals surface area contributed by atoms with Gasteiger partial charge in [-0.05, 0) is 38.1 Å². The molecule has 0 aliphatic carbocycles. The molecule has 8 nitrogen and oxygen atoms in total. The number of carbonyl (C=O) groups is 3. The van der Waals surface area contributed by atoms with Crippen LogP contribution in [0.2, 0.25) is 0 Å². The van der Waals surface area contributed by atoms with E-state index in [4.69, 9.17) is 9.26 Å². The number of anilines is 1. The van der Waals surface area contributed by atoms with Crippen LogP contribution >= 0.6 is 0 Å². The van der Waals surface area contributed by atoms with E-state index in [1.807, 2.05) is 0 Å². The predicted octanol–water partition coefficient (Wildman–Crippen LogP) is 1.68. The number of hydrogen-bond donors (Lipinski definition) is 1. The number of benzene rings is 1. The van der Waals surface area contributed by atoms with Gasteiger partial charge in [0, 0.05) is 12.7 Å². The van der Waals surface area contributed by atoms with E-state index >= 15 is 0 Å². The minimum Gasteiger partial charge on any atom is -0.452 e. The topological polar surface area (TPSA) is 102 Å². The summed E-state index contributed by atoms with van der Waals surface area (Å²) in [7, 11) is 1.40. The molecule has 2 aromatic rings. The number of esters is 1. The number of nitrogens with one attached hydrogen (secondary N) is 1. The number of amides is 2. The van der Waals surface area contributed by atoms with Crippen LogP contribution in [0.5, 0.6) is 0 Å². The average molecular weight is 363 g/mol. The third-order valence-electron chi connectivity index (χ3n) is 3.50. The molecular formula is C17H18FN3O5. The van der Waals surface area contributed by atoms with E-state index in [1.54, 1.807) is 13.8 Å². The predicted molar refractivity (Wildman–Crippen MR) is 88.9 cm³/mol. The molecule has 0 spiro atoms. The highest BCUT2D eigenvalue weighted by Crippen LogP contribution is 2.13. The van der Waals surface area contributed by atoms with Crippen LogP contribution in [0.4, 0.5) is 10.1 Å². The quantitative estimate of drug-likeness (QED) is 0.784. The van der Waals surface area contributed by atoms with Crippen LogP contribution in [0.15, 0.2) is 28.8 Å². The molecule has 9 heteroatoms. The van der Waals surface area contributed by atoms with E-state index in [-0.39, 0.29) is 12.1 Å². The van der Waals surface area contributed by atoms with Crippen LogP contribution in [-0.4, -0.2) is 48.0 Å². The third-order valence-corrected chi connectivity index (χ3v) is 3.50. The van der Waals surface area contributed by atoms with Gasteiger partial charge >= 0.3 is 5.97 Å². The Bertz CT molecular complexity index is 797. The Kier molecular flexibility index (Phi) is 6.05. The molecule has 0 aliphatic rings. The van der Waals surface area contributed by atoms with Gasteiger partial charge in [0.2, 0.25) is 5.91 Å². The molecule has 0 fully saturated rings. The number of hydrogen-bond acceptors (Lipinski definition) is 6. The van der Waals surface area contributed by atoms with Crippen LogP contribution < -0.4 is 5.32 Å². The highest BCUT2D eigenvalue weighted by molar-refractivity contribution is 5.96. The van der Waals surface area contributed by atoms with E-state index < -0.39 is 30.2 Å². The first kappa shape index (κ1) is 19.1. The Hall–Kier alpha value is -3.23. The van der Waals surface area contributed by atoms with E-state index in [2.05, 4.69) is 10.5 Å². The fourth-order valence-corrected chi connectivity index (χ4v) is 2.12. The maximum atomic E-state index is 12.8. The van der Waals surface area contributed by atoms with Crippen LogP contribution in [0.3, 0.4) is 0 Å². The molecule has 0 aliphatic heterocycles. The van der Waals surface area contributed by atoms with Crippen LogP contribution in [0.25, 0.3) is 0 Å². The monoisotopic (exact) mass is 363 g/mol. The van der Waals surface area contributed by atoms with Crippen molar-refractivity contribution in [3.8, 4) is 0 Å². The smallest absolute Gasteiger partial charge is 0.344 e. The second kappa shape index (κ2) is 8.24. The molecule has 0 atom stereocenters. The van der Waals surface area contributed by atoms with Crippen molar-refractivity contribution in [3.63, 3.8) is 0 Å². The molecule has 1 aromatic heterocycles. The minimum atomic E-state index is -0.723.